The zero-order valence-electron chi connectivity index (χ0n) is 18.3. The van der Waals surface area contributed by atoms with E-state index in [0.717, 1.165) is 40.1 Å². The number of amides is 1. The number of aromatic hydroxyl groups is 1. The Kier molecular flexibility index (Phi) is 5.23. The molecule has 1 aromatic heterocycles. The van der Waals surface area contributed by atoms with Crippen LogP contribution in [0.1, 0.15) is 28.4 Å². The van der Waals surface area contributed by atoms with Crippen molar-refractivity contribution in [3.05, 3.63) is 102 Å². The number of aryl methyl sites for hydroxylation is 1. The van der Waals surface area contributed by atoms with E-state index in [0.29, 0.717) is 22.9 Å². The normalized spacial score (nSPS) is 11.2. The molecule has 1 heterocycles. The van der Waals surface area contributed by atoms with Crippen LogP contribution in [0.4, 0.5) is 0 Å². The van der Waals surface area contributed by atoms with Gasteiger partial charge in [0.25, 0.3) is 0 Å². The number of nitrogens with zero attached hydrogens (tertiary/aromatic N) is 1. The summed E-state index contributed by atoms with van der Waals surface area (Å²) in [5.41, 5.74) is 9.85. The van der Waals surface area contributed by atoms with Crippen LogP contribution >= 0.6 is 0 Å². The molecule has 0 atom stereocenters. The molecule has 3 N–H and O–H groups in total. The maximum atomic E-state index is 12.2. The number of para-hydroxylation sites is 1. The summed E-state index contributed by atoms with van der Waals surface area (Å²) in [7, 11) is 0. The molecule has 0 spiro atoms. The van der Waals surface area contributed by atoms with Crippen molar-refractivity contribution in [3.63, 3.8) is 0 Å². The first-order valence-corrected chi connectivity index (χ1v) is 10.9. The van der Waals surface area contributed by atoms with Gasteiger partial charge in [-0.2, -0.15) is 0 Å². The van der Waals surface area contributed by atoms with Gasteiger partial charge in [0.2, 0.25) is 5.91 Å². The Morgan fingerprint density at radius 1 is 0.848 bits per heavy atom. The van der Waals surface area contributed by atoms with Crippen LogP contribution in [-0.4, -0.2) is 15.6 Å². The number of rotatable bonds is 6. The highest BCUT2D eigenvalue weighted by atomic mass is 16.5. The molecule has 5 heteroatoms. The maximum absolute atomic E-state index is 12.2. The Bertz CT molecular complexity index is 1490. The van der Waals surface area contributed by atoms with Crippen molar-refractivity contribution in [1.29, 1.82) is 0 Å². The quantitative estimate of drug-likeness (QED) is 0.343. The Morgan fingerprint density at radius 2 is 1.61 bits per heavy atom. The van der Waals surface area contributed by atoms with Crippen LogP contribution < -0.4 is 10.5 Å². The van der Waals surface area contributed by atoms with E-state index in [9.17, 15) is 9.90 Å². The minimum Gasteiger partial charge on any atom is -0.507 e. The molecule has 0 aliphatic heterocycles. The molecule has 164 valence electrons. The number of fused-ring (bicyclic) bond motifs is 3. The largest absolute Gasteiger partial charge is 0.507 e. The number of hydrogen-bond acceptors (Lipinski definition) is 3. The van der Waals surface area contributed by atoms with Crippen molar-refractivity contribution in [2.24, 2.45) is 5.73 Å². The highest BCUT2D eigenvalue weighted by molar-refractivity contribution is 6.19. The van der Waals surface area contributed by atoms with Gasteiger partial charge in [-0.1, -0.05) is 43.3 Å². The van der Waals surface area contributed by atoms with Gasteiger partial charge in [-0.3, -0.25) is 4.79 Å². The Balaban J connectivity index is 1.66. The second kappa shape index (κ2) is 8.36. The zero-order valence-corrected chi connectivity index (χ0v) is 18.3. The van der Waals surface area contributed by atoms with Crippen molar-refractivity contribution in [1.82, 2.24) is 4.57 Å². The number of primary amides is 1. The number of ether oxygens (including phenoxy) is 1. The van der Waals surface area contributed by atoms with Crippen LogP contribution in [0.15, 0.2) is 84.9 Å². The first-order valence-electron chi connectivity index (χ1n) is 10.9. The van der Waals surface area contributed by atoms with Crippen LogP contribution in [0.2, 0.25) is 0 Å². The maximum Gasteiger partial charge on any atom is 0.249 e. The van der Waals surface area contributed by atoms with Gasteiger partial charge in [0.15, 0.2) is 0 Å². The molecule has 4 aromatic carbocycles. The van der Waals surface area contributed by atoms with Crippen molar-refractivity contribution in [3.8, 4) is 17.2 Å². The summed E-state index contributed by atoms with van der Waals surface area (Å²) in [6, 6.07) is 26.9. The third-order valence-corrected chi connectivity index (χ3v) is 5.92. The molecule has 0 fully saturated rings. The van der Waals surface area contributed by atoms with E-state index < -0.39 is 5.91 Å². The van der Waals surface area contributed by atoms with Gasteiger partial charge in [-0.05, 0) is 66.1 Å². The molecule has 0 saturated heterocycles. The van der Waals surface area contributed by atoms with Gasteiger partial charge in [0.1, 0.15) is 17.2 Å². The summed E-state index contributed by atoms with van der Waals surface area (Å²) in [4.78, 5) is 12.2. The van der Waals surface area contributed by atoms with E-state index in [-0.39, 0.29) is 5.75 Å². The predicted molar refractivity (Wildman–Crippen MR) is 131 cm³/mol. The lowest BCUT2D eigenvalue weighted by atomic mass is 10.0. The monoisotopic (exact) mass is 436 g/mol. The predicted octanol–water partition coefficient (Wildman–Crippen LogP) is 6.00. The number of carbonyl (C=O) groups is 1. The summed E-state index contributed by atoms with van der Waals surface area (Å²) in [6.07, 6.45) is 0.786. The molecule has 5 aromatic rings. The van der Waals surface area contributed by atoms with Gasteiger partial charge in [0.05, 0.1) is 16.4 Å². The molecule has 0 bridgehead atoms. The summed E-state index contributed by atoms with van der Waals surface area (Å²) in [5, 5.41) is 12.2. The Labute approximate surface area is 191 Å². The van der Waals surface area contributed by atoms with E-state index in [4.69, 9.17) is 10.5 Å². The van der Waals surface area contributed by atoms with Crippen molar-refractivity contribution >= 4 is 27.7 Å². The molecule has 0 unspecified atom stereocenters. The number of benzene rings is 4. The molecule has 5 rings (SSSR count). The zero-order chi connectivity index (χ0) is 22.9. The number of aromatic nitrogens is 1. The molecule has 0 aliphatic rings. The molecular weight excluding hydrogens is 412 g/mol. The van der Waals surface area contributed by atoms with Gasteiger partial charge in [0, 0.05) is 17.5 Å². The molecule has 0 radical (unpaired) electrons. The first kappa shape index (κ1) is 20.6. The van der Waals surface area contributed by atoms with E-state index in [1.165, 1.54) is 0 Å². The lowest BCUT2D eigenvalue weighted by molar-refractivity contribution is 0.100. The second-order valence-electron chi connectivity index (χ2n) is 8.08. The summed E-state index contributed by atoms with van der Waals surface area (Å²) in [5.74, 6) is 1.16. The van der Waals surface area contributed by atoms with Gasteiger partial charge >= 0.3 is 0 Å². The highest BCUT2D eigenvalue weighted by Crippen LogP contribution is 2.38. The second-order valence-corrected chi connectivity index (χ2v) is 8.08. The van der Waals surface area contributed by atoms with E-state index in [1.807, 2.05) is 73.7 Å². The highest BCUT2D eigenvalue weighted by Gasteiger charge is 2.20. The molecule has 33 heavy (non-hydrogen) atoms. The SMILES string of the molecule is CCc1cc(O)c2c3c(C(N)=O)cccc3n(Cc3cccc(Oc4ccccc4)c3)c2c1. The van der Waals surface area contributed by atoms with Crippen molar-refractivity contribution in [2.75, 3.05) is 0 Å². The summed E-state index contributed by atoms with van der Waals surface area (Å²) < 4.78 is 8.13. The smallest absolute Gasteiger partial charge is 0.249 e. The fraction of sp³-hybridized carbons (Fsp3) is 0.107. The third kappa shape index (κ3) is 3.78. The van der Waals surface area contributed by atoms with Crippen LogP contribution in [0.3, 0.4) is 0 Å². The molecular formula is C28H24N2O3. The number of hydrogen-bond donors (Lipinski definition) is 2. The number of phenolic OH excluding ortho intramolecular Hbond substituents is 1. The molecule has 0 saturated carbocycles. The van der Waals surface area contributed by atoms with Crippen LogP contribution in [-0.2, 0) is 13.0 Å². The van der Waals surface area contributed by atoms with Crippen LogP contribution in [0.25, 0.3) is 21.8 Å². The van der Waals surface area contributed by atoms with Crippen LogP contribution in [0.5, 0.6) is 17.2 Å². The number of carbonyl (C=O) groups excluding carboxylic acids is 1. The minimum atomic E-state index is -0.517. The fourth-order valence-electron chi connectivity index (χ4n) is 4.39. The van der Waals surface area contributed by atoms with Crippen molar-refractivity contribution in [2.45, 2.75) is 19.9 Å². The average Bonchev–Trinajstić information content (AvgIpc) is 3.13. The van der Waals surface area contributed by atoms with E-state index >= 15 is 0 Å². The average molecular weight is 437 g/mol. The van der Waals surface area contributed by atoms with Gasteiger partial charge in [-0.15, -0.1) is 0 Å². The lowest BCUT2D eigenvalue weighted by Gasteiger charge is -2.11. The van der Waals surface area contributed by atoms with E-state index in [1.54, 1.807) is 12.1 Å². The summed E-state index contributed by atoms with van der Waals surface area (Å²) in [6.45, 7) is 2.59. The van der Waals surface area contributed by atoms with E-state index in [2.05, 4.69) is 10.6 Å². The van der Waals surface area contributed by atoms with Crippen molar-refractivity contribution < 1.29 is 14.6 Å². The standard InChI is InChI=1S/C28H24N2O3/c1-2-18-15-24-27(25(31)16-18)26-22(28(29)32)12-7-13-23(26)30(24)17-19-8-6-11-21(14-19)33-20-9-4-3-5-10-20/h3-16,31H,2,17H2,1H3,(H2,29,32). The van der Waals surface area contributed by atoms with Crippen LogP contribution in [0, 0.1) is 0 Å². The Hall–Kier alpha value is -4.25. The third-order valence-electron chi connectivity index (χ3n) is 5.92. The van der Waals surface area contributed by atoms with Gasteiger partial charge < -0.3 is 20.1 Å². The van der Waals surface area contributed by atoms with Gasteiger partial charge in [-0.25, -0.2) is 0 Å². The topological polar surface area (TPSA) is 77.5 Å². The fourth-order valence-corrected chi connectivity index (χ4v) is 4.39. The summed E-state index contributed by atoms with van der Waals surface area (Å²) >= 11 is 0. The first-order chi connectivity index (χ1) is 16.0. The molecule has 5 nitrogen and oxygen atoms in total. The number of nitrogens with two attached hydrogens (primary N) is 1. The number of phenols is 1. The Morgan fingerprint density at radius 3 is 2.36 bits per heavy atom. The minimum absolute atomic E-state index is 0.156. The molecule has 1 amide bonds. The lowest BCUT2D eigenvalue weighted by Crippen LogP contribution is -2.11. The molecule has 0 aliphatic carbocycles.